The van der Waals surface area contributed by atoms with Crippen molar-refractivity contribution in [3.63, 3.8) is 0 Å². The third-order valence-electron chi connectivity index (χ3n) is 5.63. The molecule has 31 heavy (non-hydrogen) atoms. The number of thiazole rings is 1. The lowest BCUT2D eigenvalue weighted by atomic mass is 9.94. The molecular formula is C23H27N3O3S2. The maximum absolute atomic E-state index is 13.3. The number of para-hydroxylation sites is 1. The Morgan fingerprint density at radius 2 is 1.84 bits per heavy atom. The largest absolute Gasteiger partial charge is 0.284 e. The van der Waals surface area contributed by atoms with Gasteiger partial charge in [-0.15, -0.1) is 0 Å². The Morgan fingerprint density at radius 1 is 1.13 bits per heavy atom. The molecule has 4 rings (SSSR count). The van der Waals surface area contributed by atoms with Crippen molar-refractivity contribution in [1.29, 1.82) is 0 Å². The van der Waals surface area contributed by atoms with Crippen LogP contribution in [0.4, 0.5) is 5.13 Å². The molecule has 1 amide bonds. The van der Waals surface area contributed by atoms with E-state index in [2.05, 4.69) is 18.8 Å². The van der Waals surface area contributed by atoms with Gasteiger partial charge in [0.05, 0.1) is 15.1 Å². The first-order valence-corrected chi connectivity index (χ1v) is 12.8. The van der Waals surface area contributed by atoms with Crippen molar-refractivity contribution in [3.8, 4) is 0 Å². The van der Waals surface area contributed by atoms with Crippen LogP contribution in [0.5, 0.6) is 0 Å². The van der Waals surface area contributed by atoms with E-state index in [0.717, 1.165) is 16.6 Å². The van der Waals surface area contributed by atoms with E-state index >= 15 is 0 Å². The number of carbonyl (C=O) groups excluding carboxylic acids is 1. The predicted octanol–water partition coefficient (Wildman–Crippen LogP) is 4.63. The van der Waals surface area contributed by atoms with E-state index in [-0.39, 0.29) is 10.8 Å². The first kappa shape index (κ1) is 21.9. The smallest absolute Gasteiger partial charge is 0.260 e. The van der Waals surface area contributed by atoms with Gasteiger partial charge in [0.15, 0.2) is 5.13 Å². The van der Waals surface area contributed by atoms with Gasteiger partial charge in [0.25, 0.3) is 5.91 Å². The number of rotatable bonds is 5. The van der Waals surface area contributed by atoms with Crippen LogP contribution in [-0.4, -0.2) is 43.2 Å². The van der Waals surface area contributed by atoms with Crippen molar-refractivity contribution < 1.29 is 13.2 Å². The average Bonchev–Trinajstić information content (AvgIpc) is 3.17. The summed E-state index contributed by atoms with van der Waals surface area (Å²) in [7, 11) is -3.65. The molecule has 164 valence electrons. The molecule has 8 heteroatoms. The summed E-state index contributed by atoms with van der Waals surface area (Å²) in [4.78, 5) is 19.7. The maximum atomic E-state index is 13.3. The Labute approximate surface area is 187 Å². The molecule has 6 nitrogen and oxygen atoms in total. The molecule has 2 aromatic carbocycles. The van der Waals surface area contributed by atoms with Gasteiger partial charge in [-0.1, -0.05) is 43.4 Å². The molecule has 1 aliphatic rings. The van der Waals surface area contributed by atoms with Gasteiger partial charge in [-0.2, -0.15) is 4.31 Å². The van der Waals surface area contributed by atoms with Crippen LogP contribution in [0.3, 0.4) is 0 Å². The number of hydrogen-bond acceptors (Lipinski definition) is 5. The Hall–Kier alpha value is -2.29. The molecule has 0 N–H and O–H groups in total. The van der Waals surface area contributed by atoms with E-state index in [1.807, 2.05) is 31.2 Å². The van der Waals surface area contributed by atoms with E-state index in [1.54, 1.807) is 27.4 Å². The molecule has 2 heterocycles. The minimum atomic E-state index is -3.65. The standard InChI is InChI=1S/C23H27N3O3S2/c1-4-26(23-24-20-10-5-6-11-21(20)30-23)22(27)18-8-7-9-19(13-18)31(28,29)25-14-16(2)12-17(3)15-25/h5-11,13,16-17H,4,12,14-15H2,1-3H3. The van der Waals surface area contributed by atoms with E-state index in [9.17, 15) is 13.2 Å². The number of amides is 1. The van der Waals surface area contributed by atoms with Crippen molar-refractivity contribution in [2.75, 3.05) is 24.5 Å². The summed E-state index contributed by atoms with van der Waals surface area (Å²) in [6.45, 7) is 7.51. The quantitative estimate of drug-likeness (QED) is 0.560. The number of aromatic nitrogens is 1. The number of fused-ring (bicyclic) bond motifs is 1. The SMILES string of the molecule is CCN(C(=O)c1cccc(S(=O)(=O)N2CC(C)CC(C)C2)c1)c1nc2ccccc2s1. The van der Waals surface area contributed by atoms with Crippen LogP contribution >= 0.6 is 11.3 Å². The molecule has 1 fully saturated rings. The summed E-state index contributed by atoms with van der Waals surface area (Å²) in [5, 5.41) is 0.612. The molecule has 0 spiro atoms. The first-order chi connectivity index (χ1) is 14.8. The Morgan fingerprint density at radius 3 is 2.52 bits per heavy atom. The predicted molar refractivity (Wildman–Crippen MR) is 125 cm³/mol. The van der Waals surface area contributed by atoms with Crippen LogP contribution in [0, 0.1) is 11.8 Å². The lowest BCUT2D eigenvalue weighted by molar-refractivity contribution is 0.0988. The van der Waals surface area contributed by atoms with Crippen molar-refractivity contribution in [3.05, 3.63) is 54.1 Å². The summed E-state index contributed by atoms with van der Waals surface area (Å²) < 4.78 is 29.1. The molecule has 2 atom stereocenters. The zero-order valence-corrected chi connectivity index (χ0v) is 19.6. The molecular weight excluding hydrogens is 430 g/mol. The number of benzene rings is 2. The van der Waals surface area contributed by atoms with Crippen LogP contribution in [-0.2, 0) is 10.0 Å². The van der Waals surface area contributed by atoms with Crippen molar-refractivity contribution >= 4 is 42.6 Å². The van der Waals surface area contributed by atoms with Crippen LogP contribution in [0.2, 0.25) is 0 Å². The van der Waals surface area contributed by atoms with E-state index in [0.29, 0.717) is 42.2 Å². The molecule has 1 aromatic heterocycles. The second-order valence-corrected chi connectivity index (χ2v) is 11.3. The molecule has 0 bridgehead atoms. The first-order valence-electron chi connectivity index (χ1n) is 10.6. The van der Waals surface area contributed by atoms with Crippen molar-refractivity contribution in [2.45, 2.75) is 32.1 Å². The number of sulfonamides is 1. The molecule has 0 radical (unpaired) electrons. The summed E-state index contributed by atoms with van der Waals surface area (Å²) in [6, 6.07) is 14.1. The zero-order valence-electron chi connectivity index (χ0n) is 18.0. The Bertz CT molecular complexity index is 1160. The van der Waals surface area contributed by atoms with Gasteiger partial charge in [-0.05, 0) is 55.5 Å². The summed E-state index contributed by atoms with van der Waals surface area (Å²) in [5.41, 5.74) is 1.19. The van der Waals surface area contributed by atoms with E-state index in [1.165, 1.54) is 17.4 Å². The second-order valence-electron chi connectivity index (χ2n) is 8.31. The lowest BCUT2D eigenvalue weighted by Crippen LogP contribution is -2.42. The van der Waals surface area contributed by atoms with Crippen LogP contribution in [0.15, 0.2) is 53.4 Å². The van der Waals surface area contributed by atoms with Crippen LogP contribution < -0.4 is 4.90 Å². The van der Waals surface area contributed by atoms with Gasteiger partial charge >= 0.3 is 0 Å². The van der Waals surface area contributed by atoms with Gasteiger partial charge in [-0.25, -0.2) is 13.4 Å². The number of carbonyl (C=O) groups is 1. The fourth-order valence-electron chi connectivity index (χ4n) is 4.24. The van der Waals surface area contributed by atoms with Gasteiger partial charge < -0.3 is 0 Å². The third-order valence-corrected chi connectivity index (χ3v) is 8.52. The van der Waals surface area contributed by atoms with E-state index in [4.69, 9.17) is 0 Å². The molecule has 1 saturated heterocycles. The highest BCUT2D eigenvalue weighted by molar-refractivity contribution is 7.89. The minimum absolute atomic E-state index is 0.167. The molecule has 2 unspecified atom stereocenters. The average molecular weight is 458 g/mol. The minimum Gasteiger partial charge on any atom is -0.284 e. The van der Waals surface area contributed by atoms with Crippen LogP contribution in [0.1, 0.15) is 37.6 Å². The normalized spacial score (nSPS) is 20.1. The topological polar surface area (TPSA) is 70.6 Å². The summed E-state index contributed by atoms with van der Waals surface area (Å²) in [6.07, 6.45) is 1.03. The molecule has 0 aliphatic carbocycles. The molecule has 1 aliphatic heterocycles. The highest BCUT2D eigenvalue weighted by Gasteiger charge is 2.32. The number of hydrogen-bond donors (Lipinski definition) is 0. The fraction of sp³-hybridized carbons (Fsp3) is 0.391. The monoisotopic (exact) mass is 457 g/mol. The number of anilines is 1. The highest BCUT2D eigenvalue weighted by Crippen LogP contribution is 2.30. The third kappa shape index (κ3) is 4.37. The number of piperidine rings is 1. The van der Waals surface area contributed by atoms with Crippen LogP contribution in [0.25, 0.3) is 10.2 Å². The summed E-state index contributed by atoms with van der Waals surface area (Å²) >= 11 is 1.45. The number of nitrogens with zero attached hydrogens (tertiary/aromatic N) is 3. The fourth-order valence-corrected chi connectivity index (χ4v) is 6.99. The van der Waals surface area contributed by atoms with Crippen molar-refractivity contribution in [2.24, 2.45) is 11.8 Å². The van der Waals surface area contributed by atoms with Gasteiger partial charge in [0, 0.05) is 25.2 Å². The molecule has 0 saturated carbocycles. The van der Waals surface area contributed by atoms with Gasteiger partial charge in [0.2, 0.25) is 10.0 Å². The Kier molecular flexibility index (Phi) is 6.14. The maximum Gasteiger partial charge on any atom is 0.260 e. The summed E-state index contributed by atoms with van der Waals surface area (Å²) in [5.74, 6) is 0.384. The lowest BCUT2D eigenvalue weighted by Gasteiger charge is -2.34. The zero-order chi connectivity index (χ0) is 22.2. The van der Waals surface area contributed by atoms with E-state index < -0.39 is 10.0 Å². The van der Waals surface area contributed by atoms with Crippen molar-refractivity contribution in [1.82, 2.24) is 9.29 Å². The highest BCUT2D eigenvalue weighted by atomic mass is 32.2. The Balaban J connectivity index is 1.64. The van der Waals surface area contributed by atoms with Gasteiger partial charge in [0.1, 0.15) is 0 Å². The second kappa shape index (κ2) is 8.68. The van der Waals surface area contributed by atoms with Gasteiger partial charge in [-0.3, -0.25) is 9.69 Å². The molecule has 3 aromatic rings.